The number of aliphatic hydroxyl groups excluding tert-OH is 1. The van der Waals surface area contributed by atoms with E-state index in [-0.39, 0.29) is 6.54 Å². The first-order chi connectivity index (χ1) is 8.39. The second-order valence-electron chi connectivity index (χ2n) is 4.11. The van der Waals surface area contributed by atoms with Gasteiger partial charge in [-0.1, -0.05) is 25.1 Å². The van der Waals surface area contributed by atoms with Crippen LogP contribution in [0.1, 0.15) is 31.9 Å². The molecule has 1 atom stereocenters. The predicted octanol–water partition coefficient (Wildman–Crippen LogP) is 3.52. The highest BCUT2D eigenvalue weighted by molar-refractivity contribution is 5.54. The number of anilines is 1. The molecule has 18 heavy (non-hydrogen) atoms. The first-order valence-electron chi connectivity index (χ1n) is 5.97. The number of aliphatic hydroxyl groups is 1. The lowest BCUT2D eigenvalue weighted by Gasteiger charge is -2.28. The average molecular weight is 261 g/mol. The number of benzene rings is 1. The van der Waals surface area contributed by atoms with Gasteiger partial charge in [0.05, 0.1) is 6.10 Å². The van der Waals surface area contributed by atoms with E-state index in [1.165, 1.54) is 4.90 Å². The summed E-state index contributed by atoms with van der Waals surface area (Å²) in [5.74, 6) is 0. The highest BCUT2D eigenvalue weighted by Gasteiger charge is 2.31. The van der Waals surface area contributed by atoms with Gasteiger partial charge in [0.15, 0.2) is 0 Å². The molecular weight excluding hydrogens is 243 g/mol. The Kier molecular flexibility index (Phi) is 5.02. The summed E-state index contributed by atoms with van der Waals surface area (Å²) in [6.45, 7) is 2.70. The Hall–Kier alpha value is -1.23. The van der Waals surface area contributed by atoms with Crippen LogP contribution >= 0.6 is 0 Å². The van der Waals surface area contributed by atoms with E-state index in [2.05, 4.69) is 0 Å². The van der Waals surface area contributed by atoms with Gasteiger partial charge in [-0.2, -0.15) is 13.2 Å². The maximum atomic E-state index is 12.5. The van der Waals surface area contributed by atoms with Crippen molar-refractivity contribution in [1.82, 2.24) is 0 Å². The number of hydrogen-bond donors (Lipinski definition) is 1. The van der Waals surface area contributed by atoms with Gasteiger partial charge >= 0.3 is 6.18 Å². The zero-order chi connectivity index (χ0) is 13.8. The molecule has 0 spiro atoms. The molecule has 0 amide bonds. The van der Waals surface area contributed by atoms with Crippen molar-refractivity contribution in [3.63, 3.8) is 0 Å². The SMILES string of the molecule is CCC(O)c1ccccc1N(CC)CC(F)(F)F. The summed E-state index contributed by atoms with van der Waals surface area (Å²) in [5, 5.41) is 9.84. The van der Waals surface area contributed by atoms with Crippen LogP contribution in [0.5, 0.6) is 0 Å². The van der Waals surface area contributed by atoms with Crippen molar-refractivity contribution in [3.05, 3.63) is 29.8 Å². The number of nitrogens with zero attached hydrogens (tertiary/aromatic N) is 1. The molecule has 0 saturated carbocycles. The Morgan fingerprint density at radius 3 is 2.33 bits per heavy atom. The molecule has 0 aromatic heterocycles. The molecule has 0 bridgehead atoms. The first-order valence-corrected chi connectivity index (χ1v) is 5.97. The van der Waals surface area contributed by atoms with Crippen molar-refractivity contribution in [3.8, 4) is 0 Å². The van der Waals surface area contributed by atoms with Gasteiger partial charge in [0.2, 0.25) is 0 Å². The third-order valence-electron chi connectivity index (χ3n) is 2.78. The number of hydrogen-bond acceptors (Lipinski definition) is 2. The number of para-hydroxylation sites is 1. The van der Waals surface area contributed by atoms with Gasteiger partial charge in [-0.3, -0.25) is 0 Å². The van der Waals surface area contributed by atoms with Crippen LogP contribution in [0.3, 0.4) is 0 Å². The quantitative estimate of drug-likeness (QED) is 0.876. The average Bonchev–Trinajstić information content (AvgIpc) is 2.34. The van der Waals surface area contributed by atoms with E-state index >= 15 is 0 Å². The minimum absolute atomic E-state index is 0.243. The van der Waals surface area contributed by atoms with Gasteiger partial charge in [0.25, 0.3) is 0 Å². The van der Waals surface area contributed by atoms with E-state index in [1.54, 1.807) is 38.1 Å². The Morgan fingerprint density at radius 1 is 1.22 bits per heavy atom. The van der Waals surface area contributed by atoms with Crippen LogP contribution in [0.2, 0.25) is 0 Å². The Bertz CT molecular complexity index is 379. The monoisotopic (exact) mass is 261 g/mol. The van der Waals surface area contributed by atoms with Crippen LogP contribution in [0.4, 0.5) is 18.9 Å². The van der Waals surface area contributed by atoms with Crippen molar-refractivity contribution in [2.75, 3.05) is 18.0 Å². The normalized spacial score (nSPS) is 13.4. The summed E-state index contributed by atoms with van der Waals surface area (Å²) >= 11 is 0. The number of rotatable bonds is 5. The fourth-order valence-electron chi connectivity index (χ4n) is 1.86. The molecule has 1 aromatic rings. The van der Waals surface area contributed by atoms with Crippen molar-refractivity contribution in [1.29, 1.82) is 0 Å². The minimum Gasteiger partial charge on any atom is -0.388 e. The molecule has 2 nitrogen and oxygen atoms in total. The lowest BCUT2D eigenvalue weighted by atomic mass is 10.0. The van der Waals surface area contributed by atoms with Crippen LogP contribution in [0, 0.1) is 0 Å². The fraction of sp³-hybridized carbons (Fsp3) is 0.538. The molecule has 5 heteroatoms. The van der Waals surface area contributed by atoms with E-state index in [0.717, 1.165) is 0 Å². The molecule has 1 N–H and O–H groups in total. The van der Waals surface area contributed by atoms with Crippen LogP contribution in [-0.4, -0.2) is 24.4 Å². The molecule has 1 unspecified atom stereocenters. The van der Waals surface area contributed by atoms with Crippen LogP contribution in [0.15, 0.2) is 24.3 Å². The lowest BCUT2D eigenvalue weighted by Crippen LogP contribution is -2.34. The Balaban J connectivity index is 3.05. The van der Waals surface area contributed by atoms with E-state index < -0.39 is 18.8 Å². The lowest BCUT2D eigenvalue weighted by molar-refractivity contribution is -0.119. The zero-order valence-corrected chi connectivity index (χ0v) is 10.5. The van der Waals surface area contributed by atoms with E-state index in [9.17, 15) is 18.3 Å². The molecule has 0 aliphatic rings. The molecule has 0 aliphatic heterocycles. The highest BCUT2D eigenvalue weighted by atomic mass is 19.4. The van der Waals surface area contributed by atoms with E-state index in [4.69, 9.17) is 0 Å². The van der Waals surface area contributed by atoms with Gasteiger partial charge in [0.1, 0.15) is 6.54 Å². The predicted molar refractivity (Wildman–Crippen MR) is 65.6 cm³/mol. The Morgan fingerprint density at radius 2 is 1.83 bits per heavy atom. The molecule has 0 saturated heterocycles. The van der Waals surface area contributed by atoms with Crippen LogP contribution in [0.25, 0.3) is 0 Å². The molecule has 0 radical (unpaired) electrons. The van der Waals surface area contributed by atoms with Crippen molar-refractivity contribution in [2.24, 2.45) is 0 Å². The number of alkyl halides is 3. The standard InChI is InChI=1S/C13H18F3NO/c1-3-12(18)10-7-5-6-8-11(10)17(4-2)9-13(14,15)16/h5-8,12,18H,3-4,9H2,1-2H3. The van der Waals surface area contributed by atoms with Gasteiger partial charge in [-0.25, -0.2) is 0 Å². The highest BCUT2D eigenvalue weighted by Crippen LogP contribution is 2.30. The summed E-state index contributed by atoms with van der Waals surface area (Å²) in [6.07, 6.45) is -4.51. The van der Waals surface area contributed by atoms with Crippen LogP contribution in [-0.2, 0) is 0 Å². The maximum Gasteiger partial charge on any atom is 0.405 e. The molecule has 1 rings (SSSR count). The molecule has 102 valence electrons. The van der Waals surface area contributed by atoms with Crippen molar-refractivity contribution in [2.45, 2.75) is 32.5 Å². The minimum atomic E-state index is -4.25. The third kappa shape index (κ3) is 3.91. The summed E-state index contributed by atoms with van der Waals surface area (Å²) in [5.41, 5.74) is 0.998. The molecular formula is C13H18F3NO. The third-order valence-corrected chi connectivity index (χ3v) is 2.78. The second kappa shape index (κ2) is 6.09. The summed E-state index contributed by atoms with van der Waals surface area (Å²) in [6, 6.07) is 6.69. The van der Waals surface area contributed by atoms with Gasteiger partial charge < -0.3 is 10.0 Å². The molecule has 1 aromatic carbocycles. The second-order valence-corrected chi connectivity index (χ2v) is 4.11. The molecule has 0 fully saturated rings. The van der Waals surface area contributed by atoms with Crippen molar-refractivity contribution < 1.29 is 18.3 Å². The topological polar surface area (TPSA) is 23.5 Å². The summed E-state index contributed by atoms with van der Waals surface area (Å²) in [4.78, 5) is 1.23. The van der Waals surface area contributed by atoms with Crippen LogP contribution < -0.4 is 4.90 Å². The Labute approximate surface area is 105 Å². The number of halogens is 3. The maximum absolute atomic E-state index is 12.5. The first kappa shape index (κ1) is 14.8. The van der Waals surface area contributed by atoms with E-state index in [0.29, 0.717) is 17.7 Å². The fourth-order valence-corrected chi connectivity index (χ4v) is 1.86. The van der Waals surface area contributed by atoms with Gasteiger partial charge in [0, 0.05) is 17.8 Å². The van der Waals surface area contributed by atoms with Gasteiger partial charge in [-0.15, -0.1) is 0 Å². The van der Waals surface area contributed by atoms with E-state index in [1.807, 2.05) is 0 Å². The largest absolute Gasteiger partial charge is 0.405 e. The zero-order valence-electron chi connectivity index (χ0n) is 10.5. The molecule has 0 heterocycles. The summed E-state index contributed by atoms with van der Waals surface area (Å²) in [7, 11) is 0. The summed E-state index contributed by atoms with van der Waals surface area (Å²) < 4.78 is 37.5. The van der Waals surface area contributed by atoms with Gasteiger partial charge in [-0.05, 0) is 19.4 Å². The molecule has 0 aliphatic carbocycles. The smallest absolute Gasteiger partial charge is 0.388 e. The van der Waals surface area contributed by atoms with Crippen molar-refractivity contribution >= 4 is 5.69 Å².